The molecule has 0 unspecified atom stereocenters. The lowest BCUT2D eigenvalue weighted by Gasteiger charge is -2.37. The molecule has 0 spiro atoms. The van der Waals surface area contributed by atoms with Gasteiger partial charge < -0.3 is 5.32 Å². The van der Waals surface area contributed by atoms with Gasteiger partial charge in [-0.15, -0.1) is 0 Å². The first kappa shape index (κ1) is 26.6. The van der Waals surface area contributed by atoms with E-state index in [0.29, 0.717) is 6.42 Å². The maximum absolute atomic E-state index is 13.3. The topological polar surface area (TPSA) is 12.0 Å². The first-order valence-electron chi connectivity index (χ1n) is 13.2. The molecular weight excluding hydrogens is 542 g/mol. The van der Waals surface area contributed by atoms with Crippen molar-refractivity contribution in [3.63, 3.8) is 0 Å². The van der Waals surface area contributed by atoms with Crippen LogP contribution in [0, 0.1) is 0 Å². The number of anilines is 1. The second-order valence-corrected chi connectivity index (χ2v) is 14.4. The van der Waals surface area contributed by atoms with E-state index < -0.39 is 17.8 Å². The van der Waals surface area contributed by atoms with E-state index in [1.165, 1.54) is 17.7 Å². The van der Waals surface area contributed by atoms with Gasteiger partial charge in [-0.1, -0.05) is 133 Å². The predicted molar refractivity (Wildman–Crippen MR) is 163 cm³/mol. The summed E-state index contributed by atoms with van der Waals surface area (Å²) in [5.74, 6) is 0.0553. The van der Waals surface area contributed by atoms with Crippen LogP contribution in [0.15, 0.2) is 133 Å². The Morgan fingerprint density at radius 3 is 1.73 bits per heavy atom. The Morgan fingerprint density at radius 1 is 0.625 bits per heavy atom. The summed E-state index contributed by atoms with van der Waals surface area (Å²) in [5, 5.41) is 7.02. The van der Waals surface area contributed by atoms with E-state index in [0.717, 1.165) is 32.7 Å². The number of nitrogens with one attached hydrogen (secondary N) is 1. The van der Waals surface area contributed by atoms with Crippen LogP contribution < -0.4 is 21.2 Å². The number of fused-ring (bicyclic) bond motifs is 1. The van der Waals surface area contributed by atoms with E-state index in [4.69, 9.17) is 11.8 Å². The fourth-order valence-corrected chi connectivity index (χ4v) is 9.72. The van der Waals surface area contributed by atoms with Gasteiger partial charge in [0.15, 0.2) is 0 Å². The average Bonchev–Trinajstić information content (AvgIpc) is 3.01. The zero-order valence-electron chi connectivity index (χ0n) is 21.6. The molecule has 6 rings (SSSR count). The molecule has 0 saturated heterocycles. The van der Waals surface area contributed by atoms with Crippen LogP contribution in [-0.2, 0) is 18.0 Å². The van der Waals surface area contributed by atoms with Crippen LogP contribution in [0.5, 0.6) is 0 Å². The fraction of sp³-hybridized carbons (Fsp3) is 0.118. The highest BCUT2D eigenvalue weighted by molar-refractivity contribution is 8.25. The Bertz CT molecular complexity index is 1610. The first-order valence-corrected chi connectivity index (χ1v) is 16.0. The van der Waals surface area contributed by atoms with Crippen molar-refractivity contribution >= 4 is 39.4 Å². The van der Waals surface area contributed by atoms with E-state index in [1.807, 2.05) is 54.6 Å². The van der Waals surface area contributed by atoms with Crippen LogP contribution in [0.1, 0.15) is 40.6 Å². The van der Waals surface area contributed by atoms with Crippen LogP contribution in [0.3, 0.4) is 0 Å². The summed E-state index contributed by atoms with van der Waals surface area (Å²) in [6.07, 6.45) is -3.66. The molecule has 5 aromatic carbocycles. The minimum atomic E-state index is -4.37. The zero-order chi connectivity index (χ0) is 27.7. The number of rotatable bonds is 5. The van der Waals surface area contributed by atoms with Gasteiger partial charge in [0.25, 0.3) is 0 Å². The molecule has 0 bridgehead atoms. The number of hydrogen-bond donors (Lipinski definition) is 1. The minimum absolute atomic E-state index is 0.0553. The van der Waals surface area contributed by atoms with Gasteiger partial charge in [-0.05, 0) is 45.9 Å². The standard InChI is InChI=1S/C34H27F3NPS/c35-34(36,37)26-21-19-25(20-22-26)31-23-30(24-11-4-1-5-12-24)29-17-10-18-32(33(29)38-31)39(40,27-13-6-2-7-14-27)28-15-8-3-9-16-28/h1-22,30-31,38H,23H2/t30-,31+/m1/s1. The molecule has 0 aliphatic carbocycles. The predicted octanol–water partition coefficient (Wildman–Crippen LogP) is 8.15. The van der Waals surface area contributed by atoms with Crippen LogP contribution in [-0.4, -0.2) is 0 Å². The summed E-state index contributed by atoms with van der Waals surface area (Å²) in [4.78, 5) is 0. The van der Waals surface area contributed by atoms with Crippen molar-refractivity contribution in [2.24, 2.45) is 0 Å². The molecule has 0 amide bonds. The van der Waals surface area contributed by atoms with Crippen molar-refractivity contribution in [3.8, 4) is 0 Å². The van der Waals surface area contributed by atoms with E-state index in [-0.39, 0.29) is 12.0 Å². The van der Waals surface area contributed by atoms with Gasteiger partial charge in [0.2, 0.25) is 0 Å². The molecule has 1 nitrogen and oxygen atoms in total. The summed E-state index contributed by atoms with van der Waals surface area (Å²) in [6, 6.07) is 40.1. The van der Waals surface area contributed by atoms with Crippen molar-refractivity contribution in [1.29, 1.82) is 0 Å². The molecule has 1 aliphatic rings. The summed E-state index contributed by atoms with van der Waals surface area (Å²) in [7, 11) is 0. The summed E-state index contributed by atoms with van der Waals surface area (Å²) < 4.78 is 40.0. The quantitative estimate of drug-likeness (QED) is 0.215. The van der Waals surface area contributed by atoms with Gasteiger partial charge in [0, 0.05) is 22.9 Å². The maximum Gasteiger partial charge on any atom is 0.416 e. The highest BCUT2D eigenvalue weighted by Crippen LogP contribution is 2.50. The molecule has 0 aromatic heterocycles. The minimum Gasteiger partial charge on any atom is -0.377 e. The van der Waals surface area contributed by atoms with Gasteiger partial charge in [0.1, 0.15) is 0 Å². The Hall–Kier alpha value is -3.66. The van der Waals surface area contributed by atoms with Gasteiger partial charge >= 0.3 is 6.18 Å². The Balaban J connectivity index is 1.55. The molecule has 0 fully saturated rings. The van der Waals surface area contributed by atoms with Crippen LogP contribution in [0.4, 0.5) is 18.9 Å². The van der Waals surface area contributed by atoms with Gasteiger partial charge in [-0.3, -0.25) is 0 Å². The summed E-state index contributed by atoms with van der Waals surface area (Å²) in [6.45, 7) is 0. The molecule has 200 valence electrons. The van der Waals surface area contributed by atoms with E-state index in [1.54, 1.807) is 12.1 Å². The third-order valence-corrected chi connectivity index (χ3v) is 12.6. The number of alkyl halides is 3. The second kappa shape index (κ2) is 10.7. The van der Waals surface area contributed by atoms with Crippen LogP contribution >= 0.6 is 6.04 Å². The normalized spacial score (nSPS) is 17.1. The fourth-order valence-electron chi connectivity index (χ4n) is 5.69. The molecule has 6 heteroatoms. The summed E-state index contributed by atoms with van der Waals surface area (Å²) in [5.41, 5.74) is 3.50. The molecule has 1 aliphatic heterocycles. The van der Waals surface area contributed by atoms with Crippen molar-refractivity contribution in [2.75, 3.05) is 5.32 Å². The van der Waals surface area contributed by atoms with E-state index in [9.17, 15) is 13.2 Å². The molecule has 2 atom stereocenters. The number of benzene rings is 5. The number of hydrogen-bond acceptors (Lipinski definition) is 2. The van der Waals surface area contributed by atoms with Crippen molar-refractivity contribution in [3.05, 3.63) is 156 Å². The second-order valence-electron chi connectivity index (χ2n) is 10.0. The number of halogens is 3. The third-order valence-electron chi connectivity index (χ3n) is 7.66. The third kappa shape index (κ3) is 4.89. The molecule has 1 heterocycles. The lowest BCUT2D eigenvalue weighted by molar-refractivity contribution is -0.137. The maximum atomic E-state index is 13.3. The Kier molecular flexibility index (Phi) is 7.12. The highest BCUT2D eigenvalue weighted by Gasteiger charge is 2.36. The van der Waals surface area contributed by atoms with Crippen LogP contribution in [0.25, 0.3) is 0 Å². The van der Waals surface area contributed by atoms with E-state index >= 15 is 0 Å². The molecule has 0 saturated carbocycles. The first-order chi connectivity index (χ1) is 19.4. The van der Waals surface area contributed by atoms with E-state index in [2.05, 4.69) is 59.9 Å². The zero-order valence-corrected chi connectivity index (χ0v) is 23.3. The summed E-state index contributed by atoms with van der Waals surface area (Å²) >= 11 is 6.70. The lowest BCUT2D eigenvalue weighted by atomic mass is 9.80. The Morgan fingerprint density at radius 2 is 1.18 bits per heavy atom. The lowest BCUT2D eigenvalue weighted by Crippen LogP contribution is -2.32. The monoisotopic (exact) mass is 569 g/mol. The molecular formula is C34H27F3NPS. The van der Waals surface area contributed by atoms with Gasteiger partial charge in [-0.25, -0.2) is 0 Å². The molecule has 40 heavy (non-hydrogen) atoms. The molecule has 5 aromatic rings. The molecule has 1 N–H and O–H groups in total. The largest absolute Gasteiger partial charge is 0.416 e. The smallest absolute Gasteiger partial charge is 0.377 e. The SMILES string of the molecule is FC(F)(F)c1ccc([C@@H]2C[C@H](c3ccccc3)c3cccc(P(=S)(c4ccccc4)c4ccccc4)c3N2)cc1. The molecule has 0 radical (unpaired) electrons. The van der Waals surface area contributed by atoms with Crippen molar-refractivity contribution < 1.29 is 13.2 Å². The Labute approximate surface area is 237 Å². The van der Waals surface area contributed by atoms with Crippen molar-refractivity contribution in [1.82, 2.24) is 0 Å². The number of para-hydroxylation sites is 1. The van der Waals surface area contributed by atoms with Gasteiger partial charge in [0.05, 0.1) is 11.6 Å². The highest BCUT2D eigenvalue weighted by atomic mass is 32.4. The van der Waals surface area contributed by atoms with Crippen molar-refractivity contribution in [2.45, 2.75) is 24.6 Å². The average molecular weight is 570 g/mol. The van der Waals surface area contributed by atoms with Crippen LogP contribution in [0.2, 0.25) is 0 Å². The van der Waals surface area contributed by atoms with Gasteiger partial charge in [-0.2, -0.15) is 13.2 Å².